The highest BCUT2D eigenvalue weighted by Crippen LogP contribution is 2.57. The van der Waals surface area contributed by atoms with Gasteiger partial charge in [0.1, 0.15) is 0 Å². The molecule has 116 valence electrons. The van der Waals surface area contributed by atoms with Crippen LogP contribution in [0.3, 0.4) is 0 Å². The number of fused-ring (bicyclic) bond motifs is 1. The van der Waals surface area contributed by atoms with Crippen LogP contribution in [0.4, 0.5) is 4.79 Å². The van der Waals surface area contributed by atoms with E-state index in [4.69, 9.17) is 9.84 Å². The van der Waals surface area contributed by atoms with E-state index in [1.807, 2.05) is 6.92 Å². The second-order valence-corrected chi connectivity index (χ2v) is 7.26. The molecule has 2 heterocycles. The maximum Gasteiger partial charge on any atom is 0.407 e. The van der Waals surface area contributed by atoms with E-state index in [2.05, 4.69) is 4.90 Å². The first-order valence-electron chi connectivity index (χ1n) is 7.91. The van der Waals surface area contributed by atoms with Crippen molar-refractivity contribution >= 4 is 12.1 Å². The number of ether oxygens (including phenoxy) is 1. The van der Waals surface area contributed by atoms with Crippen LogP contribution in [0.25, 0.3) is 0 Å². The monoisotopic (exact) mass is 294 g/mol. The zero-order valence-corrected chi connectivity index (χ0v) is 12.3. The van der Waals surface area contributed by atoms with Crippen molar-refractivity contribution in [3.8, 4) is 0 Å². The van der Waals surface area contributed by atoms with E-state index < -0.39 is 6.09 Å². The number of likely N-dealkylation sites (tertiary alicyclic amines) is 2. The van der Waals surface area contributed by atoms with Crippen molar-refractivity contribution in [3.63, 3.8) is 0 Å². The summed E-state index contributed by atoms with van der Waals surface area (Å²) < 4.78 is 5.11. The lowest BCUT2D eigenvalue weighted by Gasteiger charge is -2.60. The molecule has 4 fully saturated rings. The van der Waals surface area contributed by atoms with E-state index in [1.165, 1.54) is 4.90 Å². The molecule has 0 bridgehead atoms. The van der Waals surface area contributed by atoms with Crippen LogP contribution in [0.1, 0.15) is 19.8 Å². The van der Waals surface area contributed by atoms with Crippen molar-refractivity contribution in [2.45, 2.75) is 25.8 Å². The molecule has 6 nitrogen and oxygen atoms in total. The first-order chi connectivity index (χ1) is 10.0. The molecule has 2 saturated carbocycles. The summed E-state index contributed by atoms with van der Waals surface area (Å²) in [4.78, 5) is 26.6. The summed E-state index contributed by atoms with van der Waals surface area (Å²) in [5.41, 5.74) is 0.274. The Morgan fingerprint density at radius 2 is 1.86 bits per heavy atom. The second kappa shape index (κ2) is 4.35. The summed E-state index contributed by atoms with van der Waals surface area (Å²) in [5, 5.41) is 8.90. The molecule has 1 N–H and O–H groups in total. The molecule has 0 unspecified atom stereocenters. The molecule has 0 aromatic carbocycles. The number of hydrogen-bond acceptors (Lipinski definition) is 4. The van der Waals surface area contributed by atoms with Gasteiger partial charge in [-0.3, -0.25) is 9.69 Å². The summed E-state index contributed by atoms with van der Waals surface area (Å²) in [6, 6.07) is 0.608. The molecule has 1 amide bonds. The lowest BCUT2D eigenvalue weighted by atomic mass is 9.60. The molecule has 6 heteroatoms. The van der Waals surface area contributed by atoms with Gasteiger partial charge in [-0.2, -0.15) is 0 Å². The second-order valence-electron chi connectivity index (χ2n) is 7.26. The normalized spacial score (nSPS) is 36.8. The summed E-state index contributed by atoms with van der Waals surface area (Å²) in [5.74, 6) is 1.17. The number of esters is 1. The minimum atomic E-state index is -0.788. The molecule has 21 heavy (non-hydrogen) atoms. The average Bonchev–Trinajstić information content (AvgIpc) is 2.82. The zero-order chi connectivity index (χ0) is 14.8. The van der Waals surface area contributed by atoms with Gasteiger partial charge >= 0.3 is 12.1 Å². The highest BCUT2D eigenvalue weighted by Gasteiger charge is 2.63. The quantitative estimate of drug-likeness (QED) is 0.782. The third-order valence-corrected chi connectivity index (χ3v) is 5.96. The van der Waals surface area contributed by atoms with Crippen LogP contribution in [0.2, 0.25) is 0 Å². The number of carbonyl (C=O) groups is 2. The van der Waals surface area contributed by atoms with Gasteiger partial charge in [-0.15, -0.1) is 0 Å². The first kappa shape index (κ1) is 13.4. The SMILES string of the molecule is CCOC(=O)[C@@H]1[C@@H]2CN(C3CC4(C3)CN(C(=O)O)C4)C[C@@H]21. The van der Waals surface area contributed by atoms with E-state index in [-0.39, 0.29) is 17.3 Å². The van der Waals surface area contributed by atoms with Crippen LogP contribution >= 0.6 is 0 Å². The van der Waals surface area contributed by atoms with Gasteiger partial charge in [-0.05, 0) is 31.6 Å². The summed E-state index contributed by atoms with van der Waals surface area (Å²) in [6.45, 7) is 5.81. The van der Waals surface area contributed by atoms with Crippen LogP contribution in [-0.4, -0.2) is 65.8 Å². The molecular weight excluding hydrogens is 272 g/mol. The van der Waals surface area contributed by atoms with E-state index in [0.29, 0.717) is 37.6 Å². The summed E-state index contributed by atoms with van der Waals surface area (Å²) >= 11 is 0. The number of hydrogen-bond donors (Lipinski definition) is 1. The number of nitrogens with zero attached hydrogens (tertiary/aromatic N) is 2. The van der Waals surface area contributed by atoms with Gasteiger partial charge in [0.2, 0.25) is 0 Å². The molecule has 2 saturated heterocycles. The minimum absolute atomic E-state index is 0.00618. The highest BCUT2D eigenvalue weighted by atomic mass is 16.5. The Kier molecular flexibility index (Phi) is 2.77. The van der Waals surface area contributed by atoms with Crippen molar-refractivity contribution in [2.75, 3.05) is 32.8 Å². The fraction of sp³-hybridized carbons (Fsp3) is 0.867. The molecule has 2 aliphatic carbocycles. The summed E-state index contributed by atoms with van der Waals surface area (Å²) in [7, 11) is 0. The van der Waals surface area contributed by atoms with Crippen molar-refractivity contribution < 1.29 is 19.4 Å². The van der Waals surface area contributed by atoms with Gasteiger partial charge in [-0.1, -0.05) is 0 Å². The maximum absolute atomic E-state index is 11.7. The molecule has 0 aromatic heterocycles. The fourth-order valence-corrected chi connectivity index (χ4v) is 4.80. The molecule has 0 aromatic rings. The highest BCUT2D eigenvalue weighted by molar-refractivity contribution is 5.77. The predicted molar refractivity (Wildman–Crippen MR) is 73.7 cm³/mol. The van der Waals surface area contributed by atoms with Gasteiger partial charge in [0, 0.05) is 37.6 Å². The Balaban J connectivity index is 1.23. The Hall–Kier alpha value is -1.30. The van der Waals surface area contributed by atoms with E-state index in [1.54, 1.807) is 0 Å². The maximum atomic E-state index is 11.7. The van der Waals surface area contributed by atoms with Gasteiger partial charge in [0.15, 0.2) is 0 Å². The van der Waals surface area contributed by atoms with E-state index >= 15 is 0 Å². The molecule has 2 aliphatic heterocycles. The first-order valence-corrected chi connectivity index (χ1v) is 7.91. The molecular formula is C15H22N2O4. The van der Waals surface area contributed by atoms with Gasteiger partial charge in [0.25, 0.3) is 0 Å². The van der Waals surface area contributed by atoms with Crippen LogP contribution in [0, 0.1) is 23.2 Å². The van der Waals surface area contributed by atoms with Gasteiger partial charge in [0.05, 0.1) is 12.5 Å². The van der Waals surface area contributed by atoms with Crippen LogP contribution in [0.5, 0.6) is 0 Å². The number of carbonyl (C=O) groups excluding carboxylic acids is 1. The number of piperidine rings is 1. The van der Waals surface area contributed by atoms with E-state index in [0.717, 1.165) is 25.9 Å². The zero-order valence-electron chi connectivity index (χ0n) is 12.3. The Bertz CT molecular complexity index is 468. The number of amides is 1. The standard InChI is InChI=1S/C15H22N2O4/c1-2-21-13(18)12-10-5-16(6-11(10)12)9-3-15(4-9)7-17(8-15)14(19)20/h9-12H,2-8H2,1H3,(H,19,20)/t10-,11+,12-. The van der Waals surface area contributed by atoms with Gasteiger partial charge < -0.3 is 14.7 Å². The predicted octanol–water partition coefficient (Wildman–Crippen LogP) is 0.870. The minimum Gasteiger partial charge on any atom is -0.466 e. The van der Waals surface area contributed by atoms with Crippen LogP contribution < -0.4 is 0 Å². The summed E-state index contributed by atoms with van der Waals surface area (Å²) in [6.07, 6.45) is 1.46. The third kappa shape index (κ3) is 1.95. The van der Waals surface area contributed by atoms with Crippen molar-refractivity contribution in [1.82, 2.24) is 9.80 Å². The van der Waals surface area contributed by atoms with Gasteiger partial charge in [-0.25, -0.2) is 4.79 Å². The largest absolute Gasteiger partial charge is 0.466 e. The van der Waals surface area contributed by atoms with Crippen LogP contribution in [-0.2, 0) is 9.53 Å². The molecule has 1 spiro atoms. The number of rotatable bonds is 3. The lowest BCUT2D eigenvalue weighted by Crippen LogP contribution is -2.67. The third-order valence-electron chi connectivity index (χ3n) is 5.96. The molecule has 3 atom stereocenters. The lowest BCUT2D eigenvalue weighted by molar-refractivity contribution is -0.146. The Morgan fingerprint density at radius 3 is 2.38 bits per heavy atom. The van der Waals surface area contributed by atoms with Crippen molar-refractivity contribution in [1.29, 1.82) is 0 Å². The average molecular weight is 294 g/mol. The fourth-order valence-electron chi connectivity index (χ4n) is 4.80. The number of carboxylic acid groups (broad SMARTS) is 1. The van der Waals surface area contributed by atoms with E-state index in [9.17, 15) is 9.59 Å². The molecule has 4 aliphatic rings. The topological polar surface area (TPSA) is 70.1 Å². The molecule has 0 radical (unpaired) electrons. The molecule has 4 rings (SSSR count). The van der Waals surface area contributed by atoms with Crippen LogP contribution in [0.15, 0.2) is 0 Å². The Labute approximate surface area is 124 Å². The van der Waals surface area contributed by atoms with Crippen molar-refractivity contribution in [2.24, 2.45) is 23.2 Å². The van der Waals surface area contributed by atoms with Crippen molar-refractivity contribution in [3.05, 3.63) is 0 Å². The smallest absolute Gasteiger partial charge is 0.407 e. The Morgan fingerprint density at radius 1 is 1.24 bits per heavy atom.